The molecule has 3 nitrogen and oxygen atoms in total. The monoisotopic (exact) mass is 196 g/mol. The van der Waals surface area contributed by atoms with E-state index in [1.165, 1.54) is 0 Å². The number of piperidine rings is 1. The summed E-state index contributed by atoms with van der Waals surface area (Å²) in [7, 11) is 0. The summed E-state index contributed by atoms with van der Waals surface area (Å²) in [6.45, 7) is 6.11. The average molecular weight is 196 g/mol. The van der Waals surface area contributed by atoms with Gasteiger partial charge in [-0.1, -0.05) is 0 Å². The minimum atomic E-state index is -0.551. The van der Waals surface area contributed by atoms with Gasteiger partial charge in [0.25, 0.3) is 0 Å². The molecule has 3 heteroatoms. The first-order chi connectivity index (χ1) is 6.56. The van der Waals surface area contributed by atoms with E-state index in [4.69, 9.17) is 11.2 Å². The molecule has 1 rings (SSSR count). The molecule has 1 fully saturated rings. The molecule has 78 valence electrons. The van der Waals surface area contributed by atoms with Gasteiger partial charge in [0.2, 0.25) is 0 Å². The molecule has 14 heavy (non-hydrogen) atoms. The standard InChI is InChI=1S/C11H17NO2/c1-4-10(13)14-11(2,3)9-5-7-12-8-6-9/h1,9,12H,5-8H2,2-3H3/p+1. The Labute approximate surface area is 85.2 Å². The van der Waals surface area contributed by atoms with Crippen LogP contribution in [0, 0.1) is 18.3 Å². The molecule has 1 aliphatic rings. The second-order valence-corrected chi connectivity index (χ2v) is 4.28. The second-order valence-electron chi connectivity index (χ2n) is 4.28. The Morgan fingerprint density at radius 2 is 2.07 bits per heavy atom. The van der Waals surface area contributed by atoms with Crippen LogP contribution in [0.1, 0.15) is 26.7 Å². The van der Waals surface area contributed by atoms with Gasteiger partial charge in [0.1, 0.15) is 5.60 Å². The van der Waals surface area contributed by atoms with Crippen LogP contribution >= 0.6 is 0 Å². The van der Waals surface area contributed by atoms with E-state index in [2.05, 4.69) is 5.32 Å². The number of quaternary nitrogens is 1. The van der Waals surface area contributed by atoms with Gasteiger partial charge in [-0.25, -0.2) is 4.79 Å². The quantitative estimate of drug-likeness (QED) is 0.381. The number of carbonyl (C=O) groups excluding carboxylic acids is 1. The molecular weight excluding hydrogens is 178 g/mol. The zero-order chi connectivity index (χ0) is 10.6. The van der Waals surface area contributed by atoms with E-state index < -0.39 is 11.6 Å². The van der Waals surface area contributed by atoms with Gasteiger partial charge in [0.15, 0.2) is 0 Å². The Bertz CT molecular complexity index is 247. The third-order valence-corrected chi connectivity index (χ3v) is 2.90. The van der Waals surface area contributed by atoms with Crippen molar-refractivity contribution >= 4 is 5.97 Å². The molecule has 1 saturated heterocycles. The molecule has 1 heterocycles. The lowest BCUT2D eigenvalue weighted by atomic mass is 9.83. The summed E-state index contributed by atoms with van der Waals surface area (Å²) in [6, 6.07) is 0. The molecule has 1 aliphatic heterocycles. The van der Waals surface area contributed by atoms with Crippen molar-refractivity contribution in [1.82, 2.24) is 0 Å². The largest absolute Gasteiger partial charge is 0.450 e. The number of nitrogens with two attached hydrogens (primary N) is 1. The number of terminal acetylenes is 1. The van der Waals surface area contributed by atoms with E-state index in [1.54, 1.807) is 0 Å². The first-order valence-electron chi connectivity index (χ1n) is 5.07. The highest BCUT2D eigenvalue weighted by atomic mass is 16.6. The first kappa shape index (κ1) is 11.1. The molecule has 0 aromatic heterocycles. The second kappa shape index (κ2) is 4.47. The van der Waals surface area contributed by atoms with Gasteiger partial charge < -0.3 is 10.1 Å². The van der Waals surface area contributed by atoms with Crippen molar-refractivity contribution in [1.29, 1.82) is 0 Å². The Hall–Kier alpha value is -1.01. The Balaban J connectivity index is 2.54. The van der Waals surface area contributed by atoms with Crippen LogP contribution in [0.4, 0.5) is 0 Å². The number of hydrogen-bond acceptors (Lipinski definition) is 2. The third-order valence-electron chi connectivity index (χ3n) is 2.90. The number of ether oxygens (including phenoxy) is 1. The lowest BCUT2D eigenvalue weighted by molar-refractivity contribution is -0.665. The average Bonchev–Trinajstić information content (AvgIpc) is 2.18. The van der Waals surface area contributed by atoms with Crippen LogP contribution in [0.15, 0.2) is 0 Å². The van der Waals surface area contributed by atoms with Crippen LogP contribution in [0.3, 0.4) is 0 Å². The van der Waals surface area contributed by atoms with Gasteiger partial charge in [-0.15, -0.1) is 6.42 Å². The number of rotatable bonds is 2. The van der Waals surface area contributed by atoms with Gasteiger partial charge in [-0.05, 0) is 13.8 Å². The smallest absolute Gasteiger partial charge is 0.384 e. The van der Waals surface area contributed by atoms with Crippen molar-refractivity contribution in [2.45, 2.75) is 32.3 Å². The number of carbonyl (C=O) groups is 1. The summed E-state index contributed by atoms with van der Waals surface area (Å²) >= 11 is 0. The van der Waals surface area contributed by atoms with Gasteiger partial charge in [0, 0.05) is 24.7 Å². The van der Waals surface area contributed by atoms with Crippen LogP contribution in [-0.4, -0.2) is 24.7 Å². The van der Waals surface area contributed by atoms with E-state index in [-0.39, 0.29) is 0 Å². The van der Waals surface area contributed by atoms with E-state index in [1.807, 2.05) is 19.8 Å². The van der Waals surface area contributed by atoms with Crippen molar-refractivity contribution in [3.8, 4) is 12.3 Å². The van der Waals surface area contributed by atoms with Crippen LogP contribution in [0.5, 0.6) is 0 Å². The molecule has 2 N–H and O–H groups in total. The minimum absolute atomic E-state index is 0.419. The normalized spacial score (nSPS) is 18.6. The van der Waals surface area contributed by atoms with Gasteiger partial charge >= 0.3 is 5.97 Å². The summed E-state index contributed by atoms with van der Waals surface area (Å²) in [5.41, 5.74) is -0.419. The van der Waals surface area contributed by atoms with E-state index in [9.17, 15) is 4.79 Å². The van der Waals surface area contributed by atoms with Crippen LogP contribution < -0.4 is 5.32 Å². The molecule has 0 atom stereocenters. The Morgan fingerprint density at radius 3 is 2.57 bits per heavy atom. The van der Waals surface area contributed by atoms with Crippen molar-refractivity contribution in [2.75, 3.05) is 13.1 Å². The lowest BCUT2D eigenvalue weighted by Crippen LogP contribution is -2.86. The third kappa shape index (κ3) is 2.74. The van der Waals surface area contributed by atoms with Crippen LogP contribution in [0.2, 0.25) is 0 Å². The highest BCUT2D eigenvalue weighted by Crippen LogP contribution is 2.27. The fourth-order valence-electron chi connectivity index (χ4n) is 1.97. The number of hydrogen-bond donors (Lipinski definition) is 1. The maximum atomic E-state index is 11.0. The van der Waals surface area contributed by atoms with Crippen molar-refractivity contribution in [3.63, 3.8) is 0 Å². The molecular formula is C11H18NO2+. The zero-order valence-corrected chi connectivity index (χ0v) is 8.88. The van der Waals surface area contributed by atoms with Crippen molar-refractivity contribution < 1.29 is 14.8 Å². The summed E-state index contributed by atoms with van der Waals surface area (Å²) in [5, 5.41) is 2.29. The summed E-state index contributed by atoms with van der Waals surface area (Å²) in [6.07, 6.45) is 7.15. The number of esters is 1. The van der Waals surface area contributed by atoms with Crippen molar-refractivity contribution in [3.05, 3.63) is 0 Å². The fraction of sp³-hybridized carbons (Fsp3) is 0.727. The Morgan fingerprint density at radius 1 is 1.50 bits per heavy atom. The van der Waals surface area contributed by atoms with Gasteiger partial charge in [0.05, 0.1) is 13.1 Å². The van der Waals surface area contributed by atoms with Crippen LogP contribution in [-0.2, 0) is 9.53 Å². The molecule has 0 bridgehead atoms. The summed E-state index contributed by atoms with van der Waals surface area (Å²) in [4.78, 5) is 11.0. The van der Waals surface area contributed by atoms with E-state index in [0.717, 1.165) is 25.9 Å². The first-order valence-corrected chi connectivity index (χ1v) is 5.07. The molecule has 0 amide bonds. The fourth-order valence-corrected chi connectivity index (χ4v) is 1.97. The molecule has 0 aliphatic carbocycles. The van der Waals surface area contributed by atoms with Gasteiger partial charge in [-0.2, -0.15) is 0 Å². The SMILES string of the molecule is C#CC(=O)OC(C)(C)C1CC[NH2+]CC1. The van der Waals surface area contributed by atoms with Crippen molar-refractivity contribution in [2.24, 2.45) is 5.92 Å². The highest BCUT2D eigenvalue weighted by molar-refractivity contribution is 5.87. The predicted octanol–water partition coefficient (Wildman–Crippen LogP) is -0.0852. The summed E-state index contributed by atoms with van der Waals surface area (Å²) < 4.78 is 5.24. The lowest BCUT2D eigenvalue weighted by Gasteiger charge is -2.34. The molecule has 0 aromatic rings. The molecule has 0 aromatic carbocycles. The van der Waals surface area contributed by atoms with E-state index in [0.29, 0.717) is 5.92 Å². The van der Waals surface area contributed by atoms with E-state index >= 15 is 0 Å². The Kier molecular flexibility index (Phi) is 3.54. The zero-order valence-electron chi connectivity index (χ0n) is 8.88. The highest BCUT2D eigenvalue weighted by Gasteiger charge is 2.34. The minimum Gasteiger partial charge on any atom is -0.450 e. The van der Waals surface area contributed by atoms with Gasteiger partial charge in [-0.3, -0.25) is 0 Å². The molecule has 0 saturated carbocycles. The summed E-state index contributed by atoms with van der Waals surface area (Å²) in [5.74, 6) is 1.87. The molecule has 0 spiro atoms. The molecule has 0 unspecified atom stereocenters. The topological polar surface area (TPSA) is 42.9 Å². The van der Waals surface area contributed by atoms with Crippen LogP contribution in [0.25, 0.3) is 0 Å². The maximum Gasteiger partial charge on any atom is 0.384 e. The molecule has 0 radical (unpaired) electrons. The predicted molar refractivity (Wildman–Crippen MR) is 53.4 cm³/mol. The maximum absolute atomic E-state index is 11.0.